The van der Waals surface area contributed by atoms with Crippen LogP contribution in [0.4, 0.5) is 0 Å². The van der Waals surface area contributed by atoms with Crippen molar-refractivity contribution in [3.8, 4) is 0 Å². The lowest BCUT2D eigenvalue weighted by Gasteiger charge is -2.11. The van der Waals surface area contributed by atoms with Crippen LogP contribution in [-0.2, 0) is 10.7 Å². The molecule has 2 heterocycles. The zero-order chi connectivity index (χ0) is 9.26. The SMILES string of the molecule is O=C1CC(n2cncc2CCl)CN1. The fourth-order valence-corrected chi connectivity index (χ4v) is 1.76. The van der Waals surface area contributed by atoms with E-state index in [9.17, 15) is 4.79 Å². The topological polar surface area (TPSA) is 46.9 Å². The minimum atomic E-state index is 0.0965. The molecule has 1 fully saturated rings. The summed E-state index contributed by atoms with van der Waals surface area (Å²) in [6.07, 6.45) is 3.98. The van der Waals surface area contributed by atoms with Crippen LogP contribution in [0.25, 0.3) is 0 Å². The standard InChI is InChI=1S/C8H10ClN3O/c9-2-7-3-10-5-12(7)6-1-8(13)11-4-6/h3,5-6H,1-2,4H2,(H,11,13). The molecule has 0 aliphatic carbocycles. The minimum absolute atomic E-state index is 0.0965. The van der Waals surface area contributed by atoms with Crippen LogP contribution in [0.3, 0.4) is 0 Å². The van der Waals surface area contributed by atoms with E-state index in [1.54, 1.807) is 12.5 Å². The lowest BCUT2D eigenvalue weighted by molar-refractivity contribution is -0.119. The Bertz CT molecular complexity index is 323. The molecule has 4 nitrogen and oxygen atoms in total. The van der Waals surface area contributed by atoms with E-state index in [0.29, 0.717) is 18.8 Å². The Labute approximate surface area is 80.9 Å². The highest BCUT2D eigenvalue weighted by atomic mass is 35.5. The maximum absolute atomic E-state index is 11.0. The molecule has 1 aromatic heterocycles. The van der Waals surface area contributed by atoms with Gasteiger partial charge in [0.15, 0.2) is 0 Å². The second-order valence-corrected chi connectivity index (χ2v) is 3.36. The number of rotatable bonds is 2. The normalized spacial score (nSPS) is 21.9. The molecule has 5 heteroatoms. The van der Waals surface area contributed by atoms with Crippen molar-refractivity contribution in [2.75, 3.05) is 6.54 Å². The molecule has 13 heavy (non-hydrogen) atoms. The first-order valence-corrected chi connectivity index (χ1v) is 4.68. The van der Waals surface area contributed by atoms with Gasteiger partial charge in [0.05, 0.1) is 23.9 Å². The van der Waals surface area contributed by atoms with Crippen molar-refractivity contribution in [1.29, 1.82) is 0 Å². The van der Waals surface area contributed by atoms with Gasteiger partial charge < -0.3 is 9.88 Å². The monoisotopic (exact) mass is 199 g/mol. The number of carbonyl (C=O) groups excluding carboxylic acids is 1. The number of aromatic nitrogens is 2. The van der Waals surface area contributed by atoms with E-state index < -0.39 is 0 Å². The summed E-state index contributed by atoms with van der Waals surface area (Å²) >= 11 is 5.72. The summed E-state index contributed by atoms with van der Waals surface area (Å²) in [5.74, 6) is 0.532. The number of carbonyl (C=O) groups is 1. The molecule has 2 rings (SSSR count). The molecule has 1 unspecified atom stereocenters. The van der Waals surface area contributed by atoms with Crippen molar-refractivity contribution < 1.29 is 4.79 Å². The van der Waals surface area contributed by atoms with Gasteiger partial charge in [0.2, 0.25) is 5.91 Å². The van der Waals surface area contributed by atoms with Crippen LogP contribution in [0.1, 0.15) is 18.2 Å². The Morgan fingerprint density at radius 1 is 1.77 bits per heavy atom. The third-order valence-corrected chi connectivity index (χ3v) is 2.51. The second-order valence-electron chi connectivity index (χ2n) is 3.09. The fraction of sp³-hybridized carbons (Fsp3) is 0.500. The molecule has 0 saturated carbocycles. The maximum atomic E-state index is 11.0. The van der Waals surface area contributed by atoms with Crippen molar-refractivity contribution in [2.24, 2.45) is 0 Å². The molecule has 0 radical (unpaired) electrons. The minimum Gasteiger partial charge on any atom is -0.354 e. The molecule has 1 saturated heterocycles. The fourth-order valence-electron chi connectivity index (χ4n) is 1.55. The van der Waals surface area contributed by atoms with Crippen LogP contribution in [-0.4, -0.2) is 22.0 Å². The van der Waals surface area contributed by atoms with Gasteiger partial charge in [-0.2, -0.15) is 0 Å². The second kappa shape index (κ2) is 3.38. The van der Waals surface area contributed by atoms with Gasteiger partial charge in [-0.05, 0) is 0 Å². The van der Waals surface area contributed by atoms with Gasteiger partial charge in [-0.15, -0.1) is 11.6 Å². The summed E-state index contributed by atoms with van der Waals surface area (Å²) in [4.78, 5) is 15.0. The smallest absolute Gasteiger partial charge is 0.222 e. The largest absolute Gasteiger partial charge is 0.354 e. The molecule has 1 amide bonds. The number of imidazole rings is 1. The molecular weight excluding hydrogens is 190 g/mol. The van der Waals surface area contributed by atoms with Crippen LogP contribution in [0.2, 0.25) is 0 Å². The van der Waals surface area contributed by atoms with E-state index in [2.05, 4.69) is 10.3 Å². The van der Waals surface area contributed by atoms with Gasteiger partial charge >= 0.3 is 0 Å². The summed E-state index contributed by atoms with van der Waals surface area (Å²) in [5, 5.41) is 2.78. The first kappa shape index (κ1) is 8.56. The summed E-state index contributed by atoms with van der Waals surface area (Å²) in [7, 11) is 0. The summed E-state index contributed by atoms with van der Waals surface area (Å²) in [6.45, 7) is 0.680. The molecule has 0 spiro atoms. The van der Waals surface area contributed by atoms with Gasteiger partial charge in [-0.3, -0.25) is 4.79 Å². The number of nitrogens with one attached hydrogen (secondary N) is 1. The third-order valence-electron chi connectivity index (χ3n) is 2.23. The van der Waals surface area contributed by atoms with Crippen molar-refractivity contribution >= 4 is 17.5 Å². The van der Waals surface area contributed by atoms with E-state index in [4.69, 9.17) is 11.6 Å². The van der Waals surface area contributed by atoms with Gasteiger partial charge in [-0.25, -0.2) is 4.98 Å². The van der Waals surface area contributed by atoms with Crippen molar-refractivity contribution in [3.63, 3.8) is 0 Å². The van der Waals surface area contributed by atoms with Crippen molar-refractivity contribution in [3.05, 3.63) is 18.2 Å². The van der Waals surface area contributed by atoms with Gasteiger partial charge in [-0.1, -0.05) is 0 Å². The molecule has 1 aromatic rings. The molecule has 1 aliphatic heterocycles. The van der Waals surface area contributed by atoms with E-state index in [1.807, 2.05) is 4.57 Å². The van der Waals surface area contributed by atoms with Gasteiger partial charge in [0, 0.05) is 19.2 Å². The molecule has 70 valence electrons. The number of amides is 1. The highest BCUT2D eigenvalue weighted by Crippen LogP contribution is 2.18. The quantitative estimate of drug-likeness (QED) is 0.713. The third kappa shape index (κ3) is 1.54. The lowest BCUT2D eigenvalue weighted by atomic mass is 10.2. The van der Waals surface area contributed by atoms with E-state index in [0.717, 1.165) is 5.69 Å². The van der Waals surface area contributed by atoms with E-state index in [-0.39, 0.29) is 11.9 Å². The molecule has 0 aromatic carbocycles. The highest BCUT2D eigenvalue weighted by Gasteiger charge is 2.23. The number of nitrogens with zero attached hydrogens (tertiary/aromatic N) is 2. The number of hydrogen-bond acceptors (Lipinski definition) is 2. The Morgan fingerprint density at radius 3 is 3.23 bits per heavy atom. The molecular formula is C8H10ClN3O. The Balaban J connectivity index is 2.20. The van der Waals surface area contributed by atoms with Crippen LogP contribution in [0.15, 0.2) is 12.5 Å². The highest BCUT2D eigenvalue weighted by molar-refractivity contribution is 6.16. The first-order valence-electron chi connectivity index (χ1n) is 4.14. The summed E-state index contributed by atoms with van der Waals surface area (Å²) in [5.41, 5.74) is 0.961. The Kier molecular flexibility index (Phi) is 2.22. The lowest BCUT2D eigenvalue weighted by Crippen LogP contribution is -2.15. The molecule has 1 N–H and O–H groups in total. The zero-order valence-corrected chi connectivity index (χ0v) is 7.79. The Morgan fingerprint density at radius 2 is 2.62 bits per heavy atom. The Hall–Kier alpha value is -1.03. The maximum Gasteiger partial charge on any atom is 0.222 e. The van der Waals surface area contributed by atoms with Gasteiger partial charge in [0.1, 0.15) is 0 Å². The predicted octanol–water partition coefficient (Wildman–Crippen LogP) is 0.683. The molecule has 1 atom stereocenters. The van der Waals surface area contributed by atoms with Gasteiger partial charge in [0.25, 0.3) is 0 Å². The first-order chi connectivity index (χ1) is 6.31. The van der Waals surface area contributed by atoms with E-state index >= 15 is 0 Å². The van der Waals surface area contributed by atoms with Crippen LogP contribution < -0.4 is 5.32 Å². The number of halogens is 1. The average Bonchev–Trinajstić information content (AvgIpc) is 2.71. The molecule has 0 bridgehead atoms. The van der Waals surface area contributed by atoms with E-state index in [1.165, 1.54) is 0 Å². The molecule has 1 aliphatic rings. The number of hydrogen-bond donors (Lipinski definition) is 1. The predicted molar refractivity (Wildman–Crippen MR) is 48.4 cm³/mol. The van der Waals surface area contributed by atoms with Crippen molar-refractivity contribution in [1.82, 2.24) is 14.9 Å². The van der Waals surface area contributed by atoms with Crippen LogP contribution in [0.5, 0.6) is 0 Å². The summed E-state index contributed by atoms with van der Waals surface area (Å²) in [6, 6.07) is 0.184. The zero-order valence-electron chi connectivity index (χ0n) is 7.03. The van der Waals surface area contributed by atoms with Crippen LogP contribution in [0, 0.1) is 0 Å². The van der Waals surface area contributed by atoms with Crippen molar-refractivity contribution in [2.45, 2.75) is 18.3 Å². The van der Waals surface area contributed by atoms with Crippen LogP contribution >= 0.6 is 11.6 Å². The average molecular weight is 200 g/mol. The summed E-state index contributed by atoms with van der Waals surface area (Å²) < 4.78 is 1.96. The number of alkyl halides is 1.